The molecule has 1 heterocycles. The number of nitrogens with zero attached hydrogens (tertiary/aromatic N) is 2. The van der Waals surface area contributed by atoms with Crippen molar-refractivity contribution in [2.24, 2.45) is 12.0 Å². The maximum Gasteiger partial charge on any atom is 0.190 e. The second-order valence-corrected chi connectivity index (χ2v) is 6.99. The quantitative estimate of drug-likeness (QED) is 0.491. The summed E-state index contributed by atoms with van der Waals surface area (Å²) in [7, 11) is 1.93. The molecule has 0 spiro atoms. The van der Waals surface area contributed by atoms with Gasteiger partial charge in [0, 0.05) is 28.6 Å². The van der Waals surface area contributed by atoms with Crippen molar-refractivity contribution >= 4 is 58.4 Å². The number of thiazole rings is 1. The predicted octanol–water partition coefficient (Wildman–Crippen LogP) is 5.92. The molecule has 0 saturated carbocycles. The van der Waals surface area contributed by atoms with Gasteiger partial charge >= 0.3 is 0 Å². The Kier molecular flexibility index (Phi) is 6.47. The van der Waals surface area contributed by atoms with Gasteiger partial charge in [-0.1, -0.05) is 35.3 Å². The summed E-state index contributed by atoms with van der Waals surface area (Å²) >= 11 is 13.8. The highest BCUT2D eigenvalue weighted by Gasteiger charge is 2.09. The summed E-state index contributed by atoms with van der Waals surface area (Å²) in [6, 6.07) is 12.7. The number of carbonyl (C=O) groups is 1. The summed E-state index contributed by atoms with van der Waals surface area (Å²) in [4.78, 5) is 17.0. The van der Waals surface area contributed by atoms with Crippen molar-refractivity contribution in [2.45, 2.75) is 6.92 Å². The van der Waals surface area contributed by atoms with Crippen LogP contribution in [0.1, 0.15) is 17.3 Å². The third kappa shape index (κ3) is 4.33. The number of Topliss-reactive ketones (excluding diaryl/α,β-unsaturated/α-hetero) is 1. The minimum atomic E-state index is 0. The lowest BCUT2D eigenvalue weighted by atomic mass is 10.1. The van der Waals surface area contributed by atoms with Gasteiger partial charge in [0.1, 0.15) is 0 Å². The van der Waals surface area contributed by atoms with Gasteiger partial charge < -0.3 is 4.57 Å². The van der Waals surface area contributed by atoms with E-state index in [9.17, 15) is 4.79 Å². The lowest BCUT2D eigenvalue weighted by molar-refractivity contribution is 0.101. The van der Waals surface area contributed by atoms with Crippen LogP contribution in [0.4, 0.5) is 5.69 Å². The molecule has 3 rings (SSSR count). The Hall–Kier alpha value is -1.59. The lowest BCUT2D eigenvalue weighted by Gasteiger charge is -2.06. The summed E-state index contributed by atoms with van der Waals surface area (Å²) in [6.07, 6.45) is 0. The SMILES string of the molecule is CC(=O)c1cccc(N=c2scc(-c3ccc(Cl)cc3Cl)n2C)c1.Cl. The Morgan fingerprint density at radius 1 is 1.16 bits per heavy atom. The van der Waals surface area contributed by atoms with Crippen molar-refractivity contribution in [3.63, 3.8) is 0 Å². The van der Waals surface area contributed by atoms with E-state index in [-0.39, 0.29) is 18.2 Å². The highest BCUT2D eigenvalue weighted by Crippen LogP contribution is 2.30. The fraction of sp³-hybridized carbons (Fsp3) is 0.111. The van der Waals surface area contributed by atoms with Crippen LogP contribution >= 0.6 is 46.9 Å². The molecule has 0 bridgehead atoms. The molecular weight excluding hydrogens is 399 g/mol. The Morgan fingerprint density at radius 3 is 2.60 bits per heavy atom. The first kappa shape index (κ1) is 19.7. The van der Waals surface area contributed by atoms with Crippen LogP contribution in [0.3, 0.4) is 0 Å². The van der Waals surface area contributed by atoms with E-state index >= 15 is 0 Å². The molecule has 3 nitrogen and oxygen atoms in total. The average molecular weight is 414 g/mol. The molecule has 7 heteroatoms. The van der Waals surface area contributed by atoms with Gasteiger partial charge in [-0.05, 0) is 37.3 Å². The Labute approximate surface area is 166 Å². The first-order chi connectivity index (χ1) is 11.5. The number of rotatable bonds is 3. The Bertz CT molecular complexity index is 992. The monoisotopic (exact) mass is 412 g/mol. The van der Waals surface area contributed by atoms with Crippen molar-refractivity contribution in [3.8, 4) is 11.3 Å². The van der Waals surface area contributed by atoms with Gasteiger partial charge in [0.05, 0.1) is 16.4 Å². The van der Waals surface area contributed by atoms with Gasteiger partial charge in [0.25, 0.3) is 0 Å². The second kappa shape index (κ2) is 8.19. The minimum Gasteiger partial charge on any atom is -0.319 e. The molecule has 2 aromatic carbocycles. The highest BCUT2D eigenvalue weighted by atomic mass is 35.5. The first-order valence-corrected chi connectivity index (χ1v) is 8.85. The molecule has 0 aliphatic carbocycles. The number of aromatic nitrogens is 1. The normalized spacial score (nSPS) is 11.3. The van der Waals surface area contributed by atoms with E-state index in [0.29, 0.717) is 15.6 Å². The maximum atomic E-state index is 11.5. The fourth-order valence-corrected chi connectivity index (χ4v) is 3.74. The summed E-state index contributed by atoms with van der Waals surface area (Å²) in [5, 5.41) is 3.21. The number of hydrogen-bond acceptors (Lipinski definition) is 3. The molecule has 25 heavy (non-hydrogen) atoms. The molecule has 0 aliphatic rings. The van der Waals surface area contributed by atoms with Crippen LogP contribution in [-0.2, 0) is 7.05 Å². The van der Waals surface area contributed by atoms with Gasteiger partial charge in [-0.15, -0.1) is 23.7 Å². The summed E-state index contributed by atoms with van der Waals surface area (Å²) in [5.41, 5.74) is 3.26. The fourth-order valence-electron chi connectivity index (χ4n) is 2.32. The molecular formula is C18H15Cl3N2OS. The number of halogens is 3. The van der Waals surface area contributed by atoms with Crippen LogP contribution in [-0.4, -0.2) is 10.4 Å². The Balaban J connectivity index is 0.00000225. The van der Waals surface area contributed by atoms with Crippen LogP contribution in [0.25, 0.3) is 11.3 Å². The molecule has 0 atom stereocenters. The third-order valence-corrected chi connectivity index (χ3v) is 5.07. The standard InChI is InChI=1S/C18H14Cl2N2OS.ClH/c1-11(23)12-4-3-5-14(8-12)21-18-22(2)17(10-24-18)15-7-6-13(19)9-16(15)20;/h3-10H,1-2H3;1H. The molecule has 0 unspecified atom stereocenters. The van der Waals surface area contributed by atoms with Crippen molar-refractivity contribution in [2.75, 3.05) is 0 Å². The molecule has 130 valence electrons. The minimum absolute atomic E-state index is 0. The number of ketones is 1. The van der Waals surface area contributed by atoms with E-state index in [1.165, 1.54) is 11.3 Å². The summed E-state index contributed by atoms with van der Waals surface area (Å²) < 4.78 is 1.97. The van der Waals surface area contributed by atoms with E-state index in [1.807, 2.05) is 41.3 Å². The van der Waals surface area contributed by atoms with Crippen LogP contribution in [0.5, 0.6) is 0 Å². The largest absolute Gasteiger partial charge is 0.319 e. The van der Waals surface area contributed by atoms with Crippen LogP contribution in [0.15, 0.2) is 52.8 Å². The highest BCUT2D eigenvalue weighted by molar-refractivity contribution is 7.07. The van der Waals surface area contributed by atoms with Gasteiger partial charge in [-0.3, -0.25) is 4.79 Å². The van der Waals surface area contributed by atoms with E-state index in [4.69, 9.17) is 23.2 Å². The first-order valence-electron chi connectivity index (χ1n) is 7.21. The summed E-state index contributed by atoms with van der Waals surface area (Å²) in [6.45, 7) is 1.55. The molecule has 0 amide bonds. The maximum absolute atomic E-state index is 11.5. The predicted molar refractivity (Wildman–Crippen MR) is 108 cm³/mol. The zero-order valence-corrected chi connectivity index (χ0v) is 16.6. The molecule has 0 saturated heterocycles. The van der Waals surface area contributed by atoms with Gasteiger partial charge in [0.15, 0.2) is 10.6 Å². The smallest absolute Gasteiger partial charge is 0.190 e. The average Bonchev–Trinajstić information content (AvgIpc) is 2.89. The van der Waals surface area contributed by atoms with Crippen molar-refractivity contribution in [1.82, 2.24) is 4.57 Å². The van der Waals surface area contributed by atoms with Crippen LogP contribution < -0.4 is 4.80 Å². The molecule has 0 fully saturated rings. The number of hydrogen-bond donors (Lipinski definition) is 0. The van der Waals surface area contributed by atoms with E-state index in [0.717, 1.165) is 21.7 Å². The molecule has 0 N–H and O–H groups in total. The van der Waals surface area contributed by atoms with Crippen LogP contribution in [0.2, 0.25) is 10.0 Å². The molecule has 1 aromatic heterocycles. The van der Waals surface area contributed by atoms with Crippen molar-refractivity contribution in [1.29, 1.82) is 0 Å². The van der Waals surface area contributed by atoms with Crippen molar-refractivity contribution < 1.29 is 4.79 Å². The van der Waals surface area contributed by atoms with E-state index < -0.39 is 0 Å². The van der Waals surface area contributed by atoms with Gasteiger partial charge in [-0.2, -0.15) is 0 Å². The third-order valence-electron chi connectivity index (χ3n) is 3.61. The van der Waals surface area contributed by atoms with Crippen molar-refractivity contribution in [3.05, 3.63) is 68.3 Å². The topological polar surface area (TPSA) is 34.4 Å². The summed E-state index contributed by atoms with van der Waals surface area (Å²) in [5.74, 6) is 0.0243. The van der Waals surface area contributed by atoms with E-state index in [2.05, 4.69) is 4.99 Å². The number of benzene rings is 2. The van der Waals surface area contributed by atoms with Gasteiger partial charge in [0.2, 0.25) is 0 Å². The zero-order chi connectivity index (χ0) is 17.3. The molecule has 0 radical (unpaired) electrons. The Morgan fingerprint density at radius 2 is 1.92 bits per heavy atom. The molecule has 3 aromatic rings. The van der Waals surface area contributed by atoms with E-state index in [1.54, 1.807) is 25.1 Å². The number of carbonyl (C=O) groups excluding carboxylic acids is 1. The van der Waals surface area contributed by atoms with Gasteiger partial charge in [-0.25, -0.2) is 4.99 Å². The molecule has 0 aliphatic heterocycles. The van der Waals surface area contributed by atoms with Crippen LogP contribution in [0, 0.1) is 0 Å². The lowest BCUT2D eigenvalue weighted by Crippen LogP contribution is -2.11. The zero-order valence-electron chi connectivity index (χ0n) is 13.5. The second-order valence-electron chi connectivity index (χ2n) is 5.31.